The molecule has 7 heteroatoms. The lowest BCUT2D eigenvalue weighted by molar-refractivity contribution is 0.102. The number of anilines is 1. The maximum absolute atomic E-state index is 12.3. The minimum absolute atomic E-state index is 0.0663. The van der Waals surface area contributed by atoms with Gasteiger partial charge in [0.05, 0.1) is 5.69 Å². The Bertz CT molecular complexity index is 1040. The van der Waals surface area contributed by atoms with Gasteiger partial charge in [-0.1, -0.05) is 30.3 Å². The van der Waals surface area contributed by atoms with Crippen molar-refractivity contribution in [2.24, 2.45) is 0 Å². The molecule has 1 heterocycles. The number of nitrogens with one attached hydrogen (secondary N) is 1. The number of carbonyl (C=O) groups excluding carboxylic acids is 1. The predicted octanol–water partition coefficient (Wildman–Crippen LogP) is 3.11. The molecule has 0 aliphatic carbocycles. The van der Waals surface area contributed by atoms with Gasteiger partial charge >= 0.3 is 0 Å². The quantitative estimate of drug-likeness (QED) is 0.765. The van der Waals surface area contributed by atoms with Crippen molar-refractivity contribution in [1.82, 2.24) is 10.2 Å². The van der Waals surface area contributed by atoms with Crippen molar-refractivity contribution in [2.75, 3.05) is 11.6 Å². The summed E-state index contributed by atoms with van der Waals surface area (Å²) in [5.41, 5.74) is 3.50. The van der Waals surface area contributed by atoms with Crippen molar-refractivity contribution in [3.8, 4) is 11.3 Å². The molecule has 0 radical (unpaired) electrons. The van der Waals surface area contributed by atoms with E-state index in [1.54, 1.807) is 36.4 Å². The third kappa shape index (κ3) is 3.94. The Morgan fingerprint density at radius 1 is 0.923 bits per heavy atom. The van der Waals surface area contributed by atoms with Crippen LogP contribution in [0, 0.1) is 6.92 Å². The number of rotatable bonds is 4. The van der Waals surface area contributed by atoms with E-state index >= 15 is 0 Å². The van der Waals surface area contributed by atoms with Crippen LogP contribution in [0.25, 0.3) is 11.3 Å². The third-order valence-corrected chi connectivity index (χ3v) is 4.83. The molecular weight excluding hydrogens is 350 g/mol. The summed E-state index contributed by atoms with van der Waals surface area (Å²) in [5.74, 6) is -0.173. The zero-order chi connectivity index (χ0) is 18.7. The maximum atomic E-state index is 12.3. The molecular formula is C19H17N3O3S. The normalized spacial score (nSPS) is 11.2. The molecule has 0 atom stereocenters. The van der Waals surface area contributed by atoms with E-state index in [9.17, 15) is 13.2 Å². The molecule has 3 aromatic rings. The van der Waals surface area contributed by atoms with Gasteiger partial charge in [0.1, 0.15) is 0 Å². The van der Waals surface area contributed by atoms with Gasteiger partial charge in [-0.25, -0.2) is 8.42 Å². The van der Waals surface area contributed by atoms with Gasteiger partial charge < -0.3 is 5.32 Å². The van der Waals surface area contributed by atoms with Crippen LogP contribution in [0.4, 0.5) is 5.69 Å². The second-order valence-corrected chi connectivity index (χ2v) is 7.84. The summed E-state index contributed by atoms with van der Waals surface area (Å²) in [5, 5.41) is 10.5. The Hall–Kier alpha value is -3.06. The summed E-state index contributed by atoms with van der Waals surface area (Å²) in [6, 6.07) is 17.5. The number of aromatic nitrogens is 2. The minimum atomic E-state index is -3.37. The van der Waals surface area contributed by atoms with Gasteiger partial charge in [-0.3, -0.25) is 4.79 Å². The van der Waals surface area contributed by atoms with Crippen LogP contribution in [0.2, 0.25) is 0 Å². The first kappa shape index (κ1) is 17.8. The van der Waals surface area contributed by atoms with E-state index in [-0.39, 0.29) is 10.9 Å². The van der Waals surface area contributed by atoms with Crippen molar-refractivity contribution in [3.05, 3.63) is 71.8 Å². The molecule has 2 aromatic carbocycles. The Balaban J connectivity index is 1.76. The Kier molecular flexibility index (Phi) is 4.81. The first-order valence-electron chi connectivity index (χ1n) is 7.86. The molecule has 1 N–H and O–H groups in total. The fraction of sp³-hybridized carbons (Fsp3) is 0.105. The summed E-state index contributed by atoms with van der Waals surface area (Å²) in [6.45, 7) is 1.89. The van der Waals surface area contributed by atoms with E-state index in [1.807, 2.05) is 25.1 Å². The highest BCUT2D eigenvalue weighted by molar-refractivity contribution is 7.90. The lowest BCUT2D eigenvalue weighted by Crippen LogP contribution is -2.13. The molecule has 0 aliphatic heterocycles. The number of benzene rings is 2. The molecule has 26 heavy (non-hydrogen) atoms. The van der Waals surface area contributed by atoms with Crippen LogP contribution < -0.4 is 5.32 Å². The monoisotopic (exact) mass is 367 g/mol. The zero-order valence-corrected chi connectivity index (χ0v) is 15.1. The summed E-state index contributed by atoms with van der Waals surface area (Å²) < 4.78 is 22.9. The highest BCUT2D eigenvalue weighted by Crippen LogP contribution is 2.20. The fourth-order valence-corrected chi connectivity index (χ4v) is 2.93. The summed E-state index contributed by atoms with van der Waals surface area (Å²) in [7, 11) is -3.37. The first-order valence-corrected chi connectivity index (χ1v) is 9.75. The molecule has 132 valence electrons. The summed E-state index contributed by atoms with van der Waals surface area (Å²) >= 11 is 0. The van der Waals surface area contributed by atoms with E-state index in [1.165, 1.54) is 6.07 Å². The van der Waals surface area contributed by atoms with Gasteiger partial charge in [0.25, 0.3) is 5.91 Å². The molecule has 1 aromatic heterocycles. The number of sulfone groups is 1. The van der Waals surface area contributed by atoms with Crippen molar-refractivity contribution < 1.29 is 13.2 Å². The largest absolute Gasteiger partial charge is 0.322 e. The van der Waals surface area contributed by atoms with Crippen LogP contribution in [-0.2, 0) is 9.84 Å². The number of nitrogens with zero attached hydrogens (tertiary/aromatic N) is 2. The number of carbonyl (C=O) groups is 1. The van der Waals surface area contributed by atoms with Crippen LogP contribution in [-0.4, -0.2) is 30.8 Å². The molecule has 1 amide bonds. The van der Waals surface area contributed by atoms with Crippen LogP contribution >= 0.6 is 0 Å². The van der Waals surface area contributed by atoms with E-state index < -0.39 is 9.84 Å². The van der Waals surface area contributed by atoms with Crippen molar-refractivity contribution in [3.63, 3.8) is 0 Å². The molecule has 0 saturated carbocycles. The van der Waals surface area contributed by atoms with Gasteiger partial charge in [0.15, 0.2) is 14.9 Å². The maximum Gasteiger partial charge on any atom is 0.255 e. The van der Waals surface area contributed by atoms with Crippen LogP contribution in [0.15, 0.2) is 65.7 Å². The minimum Gasteiger partial charge on any atom is -0.322 e. The Labute approximate surface area is 151 Å². The standard InChI is InChI=1S/C19H17N3O3S/c1-13-5-3-4-6-16(13)19(23)20-15-9-7-14(8-10-15)17-11-12-18(22-21-17)26(2,24)25/h3-12H,1-2H3,(H,20,23). The van der Waals surface area contributed by atoms with Gasteiger partial charge in [0, 0.05) is 23.1 Å². The van der Waals surface area contributed by atoms with Crippen molar-refractivity contribution in [2.45, 2.75) is 11.9 Å². The van der Waals surface area contributed by atoms with Crippen LogP contribution in [0.5, 0.6) is 0 Å². The third-order valence-electron chi connectivity index (χ3n) is 3.85. The Morgan fingerprint density at radius 2 is 1.62 bits per heavy atom. The molecule has 6 nitrogen and oxygen atoms in total. The zero-order valence-electron chi connectivity index (χ0n) is 14.3. The SMILES string of the molecule is Cc1ccccc1C(=O)Nc1ccc(-c2ccc(S(C)(=O)=O)nn2)cc1. The highest BCUT2D eigenvalue weighted by Gasteiger charge is 2.11. The Morgan fingerprint density at radius 3 is 2.19 bits per heavy atom. The smallest absolute Gasteiger partial charge is 0.255 e. The molecule has 0 saturated heterocycles. The molecule has 0 bridgehead atoms. The van der Waals surface area contributed by atoms with Gasteiger partial charge in [-0.2, -0.15) is 0 Å². The molecule has 3 rings (SSSR count). The average Bonchev–Trinajstić information content (AvgIpc) is 2.62. The van der Waals surface area contributed by atoms with Gasteiger partial charge in [-0.15, -0.1) is 10.2 Å². The molecule has 0 unspecified atom stereocenters. The second kappa shape index (κ2) is 7.05. The van der Waals surface area contributed by atoms with Gasteiger partial charge in [0.2, 0.25) is 0 Å². The lowest BCUT2D eigenvalue weighted by Gasteiger charge is -2.08. The average molecular weight is 367 g/mol. The van der Waals surface area contributed by atoms with Gasteiger partial charge in [-0.05, 0) is 42.8 Å². The van der Waals surface area contributed by atoms with E-state index in [4.69, 9.17) is 0 Å². The van der Waals surface area contributed by atoms with Crippen LogP contribution in [0.3, 0.4) is 0 Å². The van der Waals surface area contributed by atoms with Crippen molar-refractivity contribution in [1.29, 1.82) is 0 Å². The number of hydrogen-bond acceptors (Lipinski definition) is 5. The lowest BCUT2D eigenvalue weighted by atomic mass is 10.1. The second-order valence-electron chi connectivity index (χ2n) is 5.88. The molecule has 0 spiro atoms. The molecule has 0 fully saturated rings. The number of amides is 1. The number of hydrogen-bond donors (Lipinski definition) is 1. The van der Waals surface area contributed by atoms with Crippen molar-refractivity contribution >= 4 is 21.4 Å². The first-order chi connectivity index (χ1) is 12.3. The predicted molar refractivity (Wildman–Crippen MR) is 99.7 cm³/mol. The van der Waals surface area contributed by atoms with E-state index in [0.29, 0.717) is 16.9 Å². The van der Waals surface area contributed by atoms with Crippen LogP contribution in [0.1, 0.15) is 15.9 Å². The van der Waals surface area contributed by atoms with E-state index in [2.05, 4.69) is 15.5 Å². The summed E-state index contributed by atoms with van der Waals surface area (Å²) in [6.07, 6.45) is 1.09. The fourth-order valence-electron chi connectivity index (χ4n) is 2.42. The topological polar surface area (TPSA) is 89.0 Å². The highest BCUT2D eigenvalue weighted by atomic mass is 32.2. The summed E-state index contributed by atoms with van der Waals surface area (Å²) in [4.78, 5) is 12.3. The van der Waals surface area contributed by atoms with E-state index in [0.717, 1.165) is 17.4 Å². The molecule has 0 aliphatic rings. The number of aryl methyl sites for hydroxylation is 1.